The van der Waals surface area contributed by atoms with Crippen LogP contribution >= 0.6 is 27.7 Å². The molecule has 0 unspecified atom stereocenters. The van der Waals surface area contributed by atoms with Gasteiger partial charge in [0.1, 0.15) is 0 Å². The summed E-state index contributed by atoms with van der Waals surface area (Å²) in [4.78, 5) is 50.2. The number of nitrogens with zero attached hydrogens (tertiary/aromatic N) is 2. The van der Waals surface area contributed by atoms with Crippen molar-refractivity contribution in [2.75, 3.05) is 18.5 Å². The number of thioether (sulfide) groups is 1. The SMILES string of the molecule is CCOc1cc(/C=C2\SC(=O)N(Cc3ccccc3[N+](=O)[O-])C2=O)cc(Br)c1OCC(=O)Nc1ccc(C)cc1C. The predicted octanol–water partition coefficient (Wildman–Crippen LogP) is 6.63. The molecule has 1 saturated heterocycles. The Labute approximate surface area is 249 Å². The standard InChI is InChI=1S/C29H26BrN3O7S/c1-4-39-24-13-19(12-21(30)27(24)40-16-26(34)31-22-10-9-17(2)11-18(22)3)14-25-28(35)32(29(36)41-25)15-20-7-5-6-8-23(20)33(37)38/h5-14H,4,15-16H2,1-3H3,(H,31,34)/b25-14-. The number of para-hydroxylation sites is 1. The maximum absolute atomic E-state index is 13.1. The van der Waals surface area contributed by atoms with Crippen LogP contribution in [0.3, 0.4) is 0 Å². The highest BCUT2D eigenvalue weighted by Gasteiger charge is 2.36. The molecule has 1 heterocycles. The fourth-order valence-electron chi connectivity index (χ4n) is 4.13. The monoisotopic (exact) mass is 639 g/mol. The molecule has 0 bridgehead atoms. The summed E-state index contributed by atoms with van der Waals surface area (Å²) in [6.07, 6.45) is 1.54. The lowest BCUT2D eigenvalue weighted by Crippen LogP contribution is -2.27. The molecule has 1 aliphatic rings. The van der Waals surface area contributed by atoms with Gasteiger partial charge in [0.15, 0.2) is 18.1 Å². The molecule has 0 atom stereocenters. The van der Waals surface area contributed by atoms with E-state index in [2.05, 4.69) is 21.2 Å². The zero-order chi connectivity index (χ0) is 29.7. The van der Waals surface area contributed by atoms with Gasteiger partial charge in [0.25, 0.3) is 22.7 Å². The van der Waals surface area contributed by atoms with Gasteiger partial charge in [-0.15, -0.1) is 0 Å². The fraction of sp³-hybridized carbons (Fsp3) is 0.207. The van der Waals surface area contributed by atoms with Crippen LogP contribution in [0.2, 0.25) is 0 Å². The van der Waals surface area contributed by atoms with E-state index < -0.39 is 16.1 Å². The molecule has 12 heteroatoms. The van der Waals surface area contributed by atoms with Crippen LogP contribution in [0.4, 0.5) is 16.2 Å². The Hall–Kier alpha value is -4.16. The van der Waals surface area contributed by atoms with Gasteiger partial charge in [-0.3, -0.25) is 29.4 Å². The second-order valence-electron chi connectivity index (χ2n) is 9.07. The van der Waals surface area contributed by atoms with Crippen molar-refractivity contribution in [3.8, 4) is 11.5 Å². The van der Waals surface area contributed by atoms with E-state index in [0.717, 1.165) is 27.8 Å². The summed E-state index contributed by atoms with van der Waals surface area (Å²) in [5, 5.41) is 13.7. The molecular weight excluding hydrogens is 614 g/mol. The average Bonchev–Trinajstić information content (AvgIpc) is 3.17. The number of nitro groups is 1. The number of nitro benzene ring substituents is 1. The number of hydrogen-bond donors (Lipinski definition) is 1. The molecule has 0 aromatic heterocycles. The highest BCUT2D eigenvalue weighted by molar-refractivity contribution is 9.10. The minimum Gasteiger partial charge on any atom is -0.490 e. The molecule has 3 aromatic carbocycles. The Kier molecular flexibility index (Phi) is 9.46. The number of hydrogen-bond acceptors (Lipinski definition) is 8. The summed E-state index contributed by atoms with van der Waals surface area (Å²) in [6.45, 7) is 5.51. The Morgan fingerprint density at radius 2 is 1.88 bits per heavy atom. The lowest BCUT2D eigenvalue weighted by molar-refractivity contribution is -0.385. The highest BCUT2D eigenvalue weighted by Crippen LogP contribution is 2.40. The molecule has 0 radical (unpaired) electrons. The normalized spacial score (nSPS) is 14.0. The third-order valence-corrected chi connectivity index (χ3v) is 7.52. The first kappa shape index (κ1) is 29.8. The van der Waals surface area contributed by atoms with Crippen molar-refractivity contribution in [1.82, 2.24) is 4.90 Å². The maximum Gasteiger partial charge on any atom is 0.293 e. The van der Waals surface area contributed by atoms with E-state index in [-0.39, 0.29) is 35.2 Å². The summed E-state index contributed by atoms with van der Waals surface area (Å²) in [5.74, 6) is -0.255. The molecule has 41 heavy (non-hydrogen) atoms. The minimum atomic E-state index is -0.560. The fourth-order valence-corrected chi connectivity index (χ4v) is 5.55. The number of rotatable bonds is 10. The molecule has 10 nitrogen and oxygen atoms in total. The lowest BCUT2D eigenvalue weighted by atomic mass is 10.1. The smallest absolute Gasteiger partial charge is 0.293 e. The molecule has 1 fully saturated rings. The summed E-state index contributed by atoms with van der Waals surface area (Å²) in [7, 11) is 0. The van der Waals surface area contributed by atoms with Crippen LogP contribution in [-0.2, 0) is 16.1 Å². The number of ether oxygens (including phenoxy) is 2. The zero-order valence-corrected chi connectivity index (χ0v) is 24.8. The molecule has 0 spiro atoms. The van der Waals surface area contributed by atoms with E-state index in [1.807, 2.05) is 32.0 Å². The van der Waals surface area contributed by atoms with Crippen molar-refractivity contribution in [3.63, 3.8) is 0 Å². The van der Waals surface area contributed by atoms with Gasteiger partial charge in [-0.1, -0.05) is 35.9 Å². The summed E-state index contributed by atoms with van der Waals surface area (Å²) in [6, 6.07) is 15.0. The van der Waals surface area contributed by atoms with Gasteiger partial charge in [0.2, 0.25) is 0 Å². The number of halogens is 1. The Bertz CT molecular complexity index is 1570. The zero-order valence-electron chi connectivity index (χ0n) is 22.4. The van der Waals surface area contributed by atoms with Crippen LogP contribution in [0.15, 0.2) is 64.0 Å². The number of anilines is 1. The third kappa shape index (κ3) is 7.14. The first-order chi connectivity index (χ1) is 19.6. The molecule has 0 saturated carbocycles. The number of aryl methyl sites for hydroxylation is 2. The lowest BCUT2D eigenvalue weighted by Gasteiger charge is -2.15. The van der Waals surface area contributed by atoms with Crippen molar-refractivity contribution in [2.24, 2.45) is 0 Å². The van der Waals surface area contributed by atoms with Crippen molar-refractivity contribution >= 4 is 62.2 Å². The van der Waals surface area contributed by atoms with Crippen LogP contribution < -0.4 is 14.8 Å². The largest absolute Gasteiger partial charge is 0.490 e. The summed E-state index contributed by atoms with van der Waals surface area (Å²) in [5.41, 5.74) is 3.35. The average molecular weight is 641 g/mol. The van der Waals surface area contributed by atoms with Crippen LogP contribution in [-0.4, -0.2) is 40.1 Å². The first-order valence-corrected chi connectivity index (χ1v) is 14.1. The highest BCUT2D eigenvalue weighted by atomic mass is 79.9. The van der Waals surface area contributed by atoms with Gasteiger partial charge >= 0.3 is 0 Å². The van der Waals surface area contributed by atoms with Gasteiger partial charge in [-0.2, -0.15) is 0 Å². The van der Waals surface area contributed by atoms with Gasteiger partial charge < -0.3 is 14.8 Å². The molecule has 1 N–H and O–H groups in total. The van der Waals surface area contributed by atoms with Gasteiger partial charge in [0.05, 0.1) is 27.5 Å². The predicted molar refractivity (Wildman–Crippen MR) is 160 cm³/mol. The summed E-state index contributed by atoms with van der Waals surface area (Å²) < 4.78 is 12.0. The van der Waals surface area contributed by atoms with Crippen molar-refractivity contribution < 1.29 is 28.8 Å². The van der Waals surface area contributed by atoms with Gasteiger partial charge in [-0.25, -0.2) is 0 Å². The van der Waals surface area contributed by atoms with Crippen molar-refractivity contribution in [2.45, 2.75) is 27.3 Å². The Morgan fingerprint density at radius 1 is 1.12 bits per heavy atom. The molecule has 0 aliphatic carbocycles. The summed E-state index contributed by atoms with van der Waals surface area (Å²) >= 11 is 4.20. The first-order valence-electron chi connectivity index (χ1n) is 12.5. The number of carbonyl (C=O) groups excluding carboxylic acids is 3. The van der Waals surface area contributed by atoms with Gasteiger partial charge in [0, 0.05) is 17.3 Å². The van der Waals surface area contributed by atoms with Crippen LogP contribution in [0.1, 0.15) is 29.2 Å². The molecule has 1 aliphatic heterocycles. The Balaban J connectivity index is 1.51. The topological polar surface area (TPSA) is 128 Å². The van der Waals surface area contributed by atoms with Crippen molar-refractivity contribution in [1.29, 1.82) is 0 Å². The Morgan fingerprint density at radius 3 is 2.59 bits per heavy atom. The third-order valence-electron chi connectivity index (χ3n) is 6.02. The number of benzene rings is 3. The second kappa shape index (κ2) is 13.0. The molecular formula is C29H26BrN3O7S. The molecule has 3 aromatic rings. The van der Waals surface area contributed by atoms with E-state index in [4.69, 9.17) is 9.47 Å². The minimum absolute atomic E-state index is 0.157. The maximum atomic E-state index is 13.1. The quantitative estimate of drug-likeness (QED) is 0.149. The number of amides is 3. The number of nitrogens with one attached hydrogen (secondary N) is 1. The molecule has 212 valence electrons. The second-order valence-corrected chi connectivity index (χ2v) is 10.9. The van der Waals surface area contributed by atoms with Crippen molar-refractivity contribution in [3.05, 3.63) is 96.3 Å². The van der Waals surface area contributed by atoms with E-state index in [0.29, 0.717) is 33.8 Å². The van der Waals surface area contributed by atoms with Crippen LogP contribution in [0, 0.1) is 24.0 Å². The van der Waals surface area contributed by atoms with Gasteiger partial charge in [-0.05, 0) is 83.9 Å². The number of carbonyl (C=O) groups is 3. The molecule has 4 rings (SSSR count). The van der Waals surface area contributed by atoms with Crippen LogP contribution in [0.25, 0.3) is 6.08 Å². The number of imide groups is 1. The van der Waals surface area contributed by atoms with Crippen LogP contribution in [0.5, 0.6) is 11.5 Å². The van der Waals surface area contributed by atoms with E-state index in [9.17, 15) is 24.5 Å². The van der Waals surface area contributed by atoms with E-state index in [1.54, 1.807) is 25.1 Å². The molecule has 3 amide bonds. The van der Waals surface area contributed by atoms with E-state index >= 15 is 0 Å². The van der Waals surface area contributed by atoms with E-state index in [1.165, 1.54) is 24.3 Å².